The number of aromatic nitrogens is 1. The van der Waals surface area contributed by atoms with E-state index in [1.807, 2.05) is 44.0 Å². The van der Waals surface area contributed by atoms with E-state index in [1.165, 1.54) is 47.7 Å². The predicted octanol–water partition coefficient (Wildman–Crippen LogP) is 7.37. The fourth-order valence-electron chi connectivity index (χ4n) is 6.00. The summed E-state index contributed by atoms with van der Waals surface area (Å²) in [6.45, 7) is 10.7. The number of benzene rings is 1. The molecule has 0 radical (unpaired) electrons. The van der Waals surface area contributed by atoms with Crippen molar-refractivity contribution in [2.45, 2.75) is 86.6 Å². The first kappa shape index (κ1) is 26.6. The van der Waals surface area contributed by atoms with E-state index >= 15 is 0 Å². The largest absolute Gasteiger partial charge is 0.444 e. The van der Waals surface area contributed by atoms with Crippen LogP contribution in [-0.2, 0) is 4.74 Å². The van der Waals surface area contributed by atoms with Crippen molar-refractivity contribution in [3.63, 3.8) is 0 Å². The molecule has 0 saturated carbocycles. The number of anilines is 2. The minimum Gasteiger partial charge on any atom is -0.444 e. The second kappa shape index (κ2) is 11.0. The average Bonchev–Trinajstić information content (AvgIpc) is 3.24. The topological polar surface area (TPSA) is 48.9 Å². The van der Waals surface area contributed by atoms with Crippen molar-refractivity contribution in [3.05, 3.63) is 41.6 Å². The number of amides is 1. The third-order valence-electron chi connectivity index (χ3n) is 7.83. The summed E-state index contributed by atoms with van der Waals surface area (Å²) in [6.07, 6.45) is 9.81. The molecular formula is C29H39ClN4O2S. The van der Waals surface area contributed by atoms with Crippen LogP contribution in [0.5, 0.6) is 0 Å². The van der Waals surface area contributed by atoms with Crippen LogP contribution in [0.4, 0.5) is 16.3 Å². The molecule has 37 heavy (non-hydrogen) atoms. The van der Waals surface area contributed by atoms with Crippen LogP contribution in [0.3, 0.4) is 0 Å². The highest BCUT2D eigenvalue weighted by atomic mass is 35.5. The number of piperidine rings is 1. The third-order valence-corrected chi connectivity index (χ3v) is 9.17. The van der Waals surface area contributed by atoms with Gasteiger partial charge in [-0.05, 0) is 103 Å². The first-order valence-electron chi connectivity index (χ1n) is 13.7. The van der Waals surface area contributed by atoms with E-state index in [-0.39, 0.29) is 11.6 Å². The number of fused-ring (bicyclic) bond motifs is 2. The zero-order chi connectivity index (χ0) is 26.0. The lowest BCUT2D eigenvalue weighted by molar-refractivity contribution is 0.00280. The Hall–Kier alpha value is -1.96. The van der Waals surface area contributed by atoms with Crippen molar-refractivity contribution in [1.82, 2.24) is 14.8 Å². The van der Waals surface area contributed by atoms with Crippen LogP contribution in [0.2, 0.25) is 5.02 Å². The van der Waals surface area contributed by atoms with Gasteiger partial charge in [0.25, 0.3) is 0 Å². The summed E-state index contributed by atoms with van der Waals surface area (Å²) in [4.78, 5) is 26.6. The molecule has 1 aromatic heterocycles. The van der Waals surface area contributed by atoms with E-state index in [0.717, 1.165) is 56.3 Å². The van der Waals surface area contributed by atoms with Gasteiger partial charge in [0.2, 0.25) is 0 Å². The monoisotopic (exact) mass is 542 g/mol. The van der Waals surface area contributed by atoms with Crippen LogP contribution in [0.25, 0.3) is 0 Å². The number of halogens is 1. The molecule has 1 aromatic carbocycles. The molecule has 4 heterocycles. The predicted molar refractivity (Wildman–Crippen MR) is 151 cm³/mol. The van der Waals surface area contributed by atoms with Gasteiger partial charge >= 0.3 is 6.09 Å². The van der Waals surface area contributed by atoms with E-state index in [1.54, 1.807) is 11.8 Å². The molecular weight excluding hydrogens is 504 g/mol. The summed E-state index contributed by atoms with van der Waals surface area (Å²) in [5.41, 5.74) is 0.991. The molecule has 2 saturated heterocycles. The van der Waals surface area contributed by atoms with Crippen LogP contribution in [0.15, 0.2) is 46.3 Å². The maximum atomic E-state index is 12.5. The highest BCUT2D eigenvalue weighted by Crippen LogP contribution is 2.48. The number of pyridine rings is 1. The van der Waals surface area contributed by atoms with Crippen LogP contribution >= 0.6 is 23.4 Å². The van der Waals surface area contributed by atoms with Gasteiger partial charge in [-0.15, -0.1) is 0 Å². The molecule has 2 fully saturated rings. The highest BCUT2D eigenvalue weighted by Gasteiger charge is 2.43. The maximum Gasteiger partial charge on any atom is 0.410 e. The van der Waals surface area contributed by atoms with Gasteiger partial charge in [0, 0.05) is 41.3 Å². The molecule has 1 spiro atoms. The molecule has 0 atom stereocenters. The third kappa shape index (κ3) is 6.04. The lowest BCUT2D eigenvalue weighted by atomic mass is 9.85. The molecule has 0 N–H and O–H groups in total. The number of hydrogen-bond donors (Lipinski definition) is 0. The van der Waals surface area contributed by atoms with Gasteiger partial charge in [-0.3, -0.25) is 4.90 Å². The Morgan fingerprint density at radius 1 is 1.05 bits per heavy atom. The zero-order valence-corrected chi connectivity index (χ0v) is 23.9. The van der Waals surface area contributed by atoms with Crippen LogP contribution in [0.1, 0.15) is 65.7 Å². The van der Waals surface area contributed by atoms with Gasteiger partial charge in [-0.1, -0.05) is 29.8 Å². The quantitative estimate of drug-likeness (QED) is 0.355. The molecule has 8 heteroatoms. The van der Waals surface area contributed by atoms with E-state index in [0.29, 0.717) is 0 Å². The van der Waals surface area contributed by atoms with Gasteiger partial charge in [-0.25, -0.2) is 9.78 Å². The Labute approximate surface area is 230 Å². The Bertz CT molecular complexity index is 1110. The van der Waals surface area contributed by atoms with Crippen LogP contribution in [-0.4, -0.2) is 64.7 Å². The summed E-state index contributed by atoms with van der Waals surface area (Å²) >= 11 is 8.13. The standard InChI is InChI=1S/C29H39ClN4O2S/c1-28(2,3)36-27(35)32-19-13-29(14-20-32)12-8-17-33(29)16-5-4-6-18-34-23-21-22(30)10-11-24(23)37-25-9-7-15-31-26(25)34/h7,9-11,15,21H,4-6,8,12-14,16-20H2,1-3H3. The van der Waals surface area contributed by atoms with Crippen molar-refractivity contribution < 1.29 is 9.53 Å². The molecule has 5 rings (SSSR count). The summed E-state index contributed by atoms with van der Waals surface area (Å²) in [5.74, 6) is 1.04. The number of ether oxygens (including phenoxy) is 1. The average molecular weight is 543 g/mol. The first-order valence-corrected chi connectivity index (χ1v) is 14.9. The molecule has 3 aliphatic heterocycles. The number of rotatable bonds is 6. The molecule has 0 unspecified atom stereocenters. The molecule has 6 nitrogen and oxygen atoms in total. The second-order valence-corrected chi connectivity index (χ2v) is 13.1. The normalized spacial score (nSPS) is 19.1. The molecule has 0 bridgehead atoms. The van der Waals surface area contributed by atoms with Crippen molar-refractivity contribution in [1.29, 1.82) is 0 Å². The lowest BCUT2D eigenvalue weighted by Crippen LogP contribution is -2.54. The lowest BCUT2D eigenvalue weighted by Gasteiger charge is -2.45. The van der Waals surface area contributed by atoms with Crippen LogP contribution in [0, 0.1) is 0 Å². The molecule has 3 aliphatic rings. The Morgan fingerprint density at radius 3 is 2.62 bits per heavy atom. The second-order valence-electron chi connectivity index (χ2n) is 11.5. The van der Waals surface area contributed by atoms with Crippen molar-refractivity contribution >= 4 is 41.0 Å². The number of carbonyl (C=O) groups excluding carboxylic acids is 1. The Kier molecular flexibility index (Phi) is 7.94. The number of likely N-dealkylation sites (tertiary alicyclic amines) is 2. The molecule has 2 aromatic rings. The van der Waals surface area contributed by atoms with Gasteiger partial charge < -0.3 is 14.5 Å². The highest BCUT2D eigenvalue weighted by molar-refractivity contribution is 7.99. The van der Waals surface area contributed by atoms with Gasteiger partial charge in [-0.2, -0.15) is 0 Å². The van der Waals surface area contributed by atoms with Gasteiger partial charge in [0.1, 0.15) is 11.4 Å². The number of carbonyl (C=O) groups is 1. The minimum absolute atomic E-state index is 0.165. The number of unbranched alkanes of at least 4 members (excludes halogenated alkanes) is 2. The summed E-state index contributed by atoms with van der Waals surface area (Å²) < 4.78 is 5.60. The summed E-state index contributed by atoms with van der Waals surface area (Å²) in [5, 5.41) is 0.765. The van der Waals surface area contributed by atoms with Crippen molar-refractivity contribution in [2.24, 2.45) is 0 Å². The van der Waals surface area contributed by atoms with Gasteiger partial charge in [0.05, 0.1) is 10.6 Å². The van der Waals surface area contributed by atoms with Crippen molar-refractivity contribution in [2.75, 3.05) is 37.6 Å². The Morgan fingerprint density at radius 2 is 1.84 bits per heavy atom. The van der Waals surface area contributed by atoms with Gasteiger partial charge in [0.15, 0.2) is 0 Å². The van der Waals surface area contributed by atoms with E-state index in [2.05, 4.69) is 28.0 Å². The molecule has 0 aliphatic carbocycles. The fourth-order valence-corrected chi connectivity index (χ4v) is 7.22. The van der Waals surface area contributed by atoms with Crippen molar-refractivity contribution in [3.8, 4) is 0 Å². The maximum absolute atomic E-state index is 12.5. The number of hydrogen-bond acceptors (Lipinski definition) is 6. The minimum atomic E-state index is -0.439. The SMILES string of the molecule is CC(C)(C)OC(=O)N1CCC2(CCCN2CCCCCN2c3cc(Cl)ccc3Sc3cccnc32)CC1. The first-order chi connectivity index (χ1) is 17.7. The van der Waals surface area contributed by atoms with Crippen LogP contribution < -0.4 is 4.90 Å². The summed E-state index contributed by atoms with van der Waals surface area (Å²) in [7, 11) is 0. The van der Waals surface area contributed by atoms with E-state index in [4.69, 9.17) is 21.3 Å². The molecule has 1 amide bonds. The van der Waals surface area contributed by atoms with E-state index in [9.17, 15) is 4.79 Å². The Balaban J connectivity index is 1.12. The number of nitrogens with zero attached hydrogens (tertiary/aromatic N) is 4. The fraction of sp³-hybridized carbons (Fsp3) is 0.586. The smallest absolute Gasteiger partial charge is 0.410 e. The summed E-state index contributed by atoms with van der Waals surface area (Å²) in [6, 6.07) is 10.3. The van der Waals surface area contributed by atoms with E-state index < -0.39 is 5.60 Å². The molecule has 200 valence electrons. The zero-order valence-electron chi connectivity index (χ0n) is 22.3.